The maximum Gasteiger partial charge on any atom is 0.191 e. The molecule has 1 aliphatic heterocycles. The molecule has 22 heavy (non-hydrogen) atoms. The zero-order chi connectivity index (χ0) is 15.1. The number of nitrogens with one attached hydrogen (secondary N) is 2. The molecule has 0 aromatic carbocycles. The summed E-state index contributed by atoms with van der Waals surface area (Å²) in [5, 5.41) is 11.1. The van der Waals surface area contributed by atoms with Crippen molar-refractivity contribution in [2.24, 2.45) is 4.99 Å². The summed E-state index contributed by atoms with van der Waals surface area (Å²) in [5.74, 6) is 2.19. The van der Waals surface area contributed by atoms with Gasteiger partial charge in [0.2, 0.25) is 0 Å². The molecule has 0 amide bonds. The third-order valence-corrected chi connectivity index (χ3v) is 5.31. The lowest BCUT2D eigenvalue weighted by atomic mass is 10.1. The molecule has 0 bridgehead atoms. The number of guanidine groups is 1. The second-order valence-corrected chi connectivity index (χ2v) is 7.57. The first-order valence-corrected chi connectivity index (χ1v) is 8.67. The van der Waals surface area contributed by atoms with Crippen molar-refractivity contribution in [1.82, 2.24) is 20.4 Å². The SMILES string of the molecule is CN=C(NCCCn1cc(C)cn1)NCC1(C)CCCS1.I. The minimum Gasteiger partial charge on any atom is -0.356 e. The van der Waals surface area contributed by atoms with Crippen LogP contribution in [0.5, 0.6) is 0 Å². The van der Waals surface area contributed by atoms with E-state index in [1.807, 2.05) is 17.9 Å². The van der Waals surface area contributed by atoms with E-state index in [4.69, 9.17) is 0 Å². The van der Waals surface area contributed by atoms with Gasteiger partial charge in [-0.05, 0) is 44.4 Å². The fraction of sp³-hybridized carbons (Fsp3) is 0.733. The topological polar surface area (TPSA) is 54.2 Å². The van der Waals surface area contributed by atoms with E-state index in [1.165, 1.54) is 24.2 Å². The zero-order valence-electron chi connectivity index (χ0n) is 13.8. The second kappa shape index (κ2) is 9.64. The Hall–Kier alpha value is -0.440. The van der Waals surface area contributed by atoms with Crippen molar-refractivity contribution in [3.05, 3.63) is 18.0 Å². The van der Waals surface area contributed by atoms with E-state index in [-0.39, 0.29) is 24.0 Å². The van der Waals surface area contributed by atoms with Crippen LogP contribution in [0.2, 0.25) is 0 Å². The van der Waals surface area contributed by atoms with Crippen LogP contribution in [-0.2, 0) is 6.54 Å². The normalized spacial score (nSPS) is 21.5. The lowest BCUT2D eigenvalue weighted by Crippen LogP contribution is -2.44. The Bertz CT molecular complexity index is 468. The fourth-order valence-electron chi connectivity index (χ4n) is 2.50. The number of halogens is 1. The first-order chi connectivity index (χ1) is 10.1. The quantitative estimate of drug-likeness (QED) is 0.311. The summed E-state index contributed by atoms with van der Waals surface area (Å²) in [5.41, 5.74) is 1.21. The molecular weight excluding hydrogens is 409 g/mol. The van der Waals surface area contributed by atoms with Crippen molar-refractivity contribution in [1.29, 1.82) is 0 Å². The van der Waals surface area contributed by atoms with Crippen LogP contribution in [0.4, 0.5) is 0 Å². The van der Waals surface area contributed by atoms with Crippen LogP contribution in [-0.4, -0.2) is 46.4 Å². The Morgan fingerprint density at radius 1 is 1.50 bits per heavy atom. The molecule has 1 aromatic heterocycles. The Morgan fingerprint density at radius 3 is 2.91 bits per heavy atom. The standard InChI is InChI=1S/C15H27N5S.HI/c1-13-10-19-20(11-13)8-5-7-17-14(16-3)18-12-15(2)6-4-9-21-15;/h10-11H,4-9,12H2,1-3H3,(H2,16,17,18);1H. The van der Waals surface area contributed by atoms with Crippen molar-refractivity contribution in [3.63, 3.8) is 0 Å². The van der Waals surface area contributed by atoms with Gasteiger partial charge < -0.3 is 10.6 Å². The van der Waals surface area contributed by atoms with Gasteiger partial charge in [0.05, 0.1) is 6.20 Å². The van der Waals surface area contributed by atoms with Crippen LogP contribution < -0.4 is 10.6 Å². The highest BCUT2D eigenvalue weighted by molar-refractivity contribution is 14.0. The average Bonchev–Trinajstić information content (AvgIpc) is 3.07. The van der Waals surface area contributed by atoms with Gasteiger partial charge in [0.1, 0.15) is 0 Å². The Labute approximate surface area is 155 Å². The van der Waals surface area contributed by atoms with E-state index in [1.54, 1.807) is 0 Å². The molecule has 1 saturated heterocycles. The molecule has 0 spiro atoms. The number of aryl methyl sites for hydroxylation is 2. The molecule has 1 unspecified atom stereocenters. The molecule has 0 aliphatic carbocycles. The molecule has 126 valence electrons. The number of aliphatic imine (C=N–C) groups is 1. The maximum absolute atomic E-state index is 4.29. The van der Waals surface area contributed by atoms with Crippen molar-refractivity contribution in [2.75, 3.05) is 25.9 Å². The molecule has 1 atom stereocenters. The lowest BCUT2D eigenvalue weighted by molar-refractivity contribution is 0.561. The molecule has 2 N–H and O–H groups in total. The van der Waals surface area contributed by atoms with Gasteiger partial charge in [-0.15, -0.1) is 24.0 Å². The summed E-state index contributed by atoms with van der Waals surface area (Å²) in [7, 11) is 1.83. The Balaban J connectivity index is 0.00000242. The van der Waals surface area contributed by atoms with Gasteiger partial charge in [-0.25, -0.2) is 0 Å². The molecule has 7 heteroatoms. The van der Waals surface area contributed by atoms with Crippen LogP contribution in [0.25, 0.3) is 0 Å². The molecule has 5 nitrogen and oxygen atoms in total. The van der Waals surface area contributed by atoms with Gasteiger partial charge in [-0.3, -0.25) is 9.67 Å². The first-order valence-electron chi connectivity index (χ1n) is 7.69. The number of thioether (sulfide) groups is 1. The molecular formula is C15H28IN5S. The minimum atomic E-state index is 0. The highest BCUT2D eigenvalue weighted by Crippen LogP contribution is 2.36. The summed E-state index contributed by atoms with van der Waals surface area (Å²) in [6.45, 7) is 7.23. The summed E-state index contributed by atoms with van der Waals surface area (Å²) >= 11 is 2.07. The molecule has 2 heterocycles. The van der Waals surface area contributed by atoms with Gasteiger partial charge in [0.15, 0.2) is 5.96 Å². The summed E-state index contributed by atoms with van der Waals surface area (Å²) in [6.07, 6.45) is 7.63. The molecule has 2 rings (SSSR count). The average molecular weight is 437 g/mol. The smallest absolute Gasteiger partial charge is 0.191 e. The van der Waals surface area contributed by atoms with Crippen LogP contribution in [0.3, 0.4) is 0 Å². The van der Waals surface area contributed by atoms with E-state index >= 15 is 0 Å². The zero-order valence-corrected chi connectivity index (χ0v) is 16.9. The third kappa shape index (κ3) is 6.36. The van der Waals surface area contributed by atoms with E-state index in [9.17, 15) is 0 Å². The predicted octanol–water partition coefficient (Wildman–Crippen LogP) is 2.65. The summed E-state index contributed by atoms with van der Waals surface area (Å²) in [4.78, 5) is 4.29. The van der Waals surface area contributed by atoms with Gasteiger partial charge >= 0.3 is 0 Å². The van der Waals surface area contributed by atoms with Crippen molar-refractivity contribution in [3.8, 4) is 0 Å². The Morgan fingerprint density at radius 2 is 2.32 bits per heavy atom. The monoisotopic (exact) mass is 437 g/mol. The molecule has 1 aliphatic rings. The molecule has 0 saturated carbocycles. The molecule has 1 aromatic rings. The summed E-state index contributed by atoms with van der Waals surface area (Å²) in [6, 6.07) is 0. The van der Waals surface area contributed by atoms with Gasteiger partial charge in [-0.2, -0.15) is 16.9 Å². The Kier molecular flexibility index (Phi) is 8.59. The minimum absolute atomic E-state index is 0. The number of hydrogen-bond donors (Lipinski definition) is 2. The van der Waals surface area contributed by atoms with Crippen molar-refractivity contribution >= 4 is 41.7 Å². The molecule has 1 fully saturated rings. The number of nitrogens with zero attached hydrogens (tertiary/aromatic N) is 3. The van der Waals surface area contributed by atoms with Gasteiger partial charge in [-0.1, -0.05) is 0 Å². The van der Waals surface area contributed by atoms with Crippen molar-refractivity contribution < 1.29 is 0 Å². The number of hydrogen-bond acceptors (Lipinski definition) is 3. The third-order valence-electron chi connectivity index (χ3n) is 3.77. The predicted molar refractivity (Wildman–Crippen MR) is 106 cm³/mol. The van der Waals surface area contributed by atoms with Crippen LogP contribution in [0.1, 0.15) is 31.7 Å². The second-order valence-electron chi connectivity index (χ2n) is 5.89. The lowest BCUT2D eigenvalue weighted by Gasteiger charge is -2.24. The van der Waals surface area contributed by atoms with Gasteiger partial charge in [0.25, 0.3) is 0 Å². The largest absolute Gasteiger partial charge is 0.356 e. The van der Waals surface area contributed by atoms with E-state index in [0.29, 0.717) is 4.75 Å². The van der Waals surface area contributed by atoms with E-state index in [0.717, 1.165) is 32.0 Å². The summed E-state index contributed by atoms with van der Waals surface area (Å²) < 4.78 is 2.35. The highest BCUT2D eigenvalue weighted by Gasteiger charge is 2.29. The van der Waals surface area contributed by atoms with Crippen LogP contribution >= 0.6 is 35.7 Å². The number of aromatic nitrogens is 2. The van der Waals surface area contributed by atoms with Crippen LogP contribution in [0.15, 0.2) is 17.4 Å². The fourth-order valence-corrected chi connectivity index (χ4v) is 3.75. The highest BCUT2D eigenvalue weighted by atomic mass is 127. The first kappa shape index (κ1) is 19.6. The van der Waals surface area contributed by atoms with Crippen molar-refractivity contribution in [2.45, 2.75) is 44.4 Å². The molecule has 0 radical (unpaired) electrons. The van der Waals surface area contributed by atoms with E-state index in [2.05, 4.69) is 52.5 Å². The number of rotatable bonds is 6. The maximum atomic E-state index is 4.29. The van der Waals surface area contributed by atoms with Gasteiger partial charge in [0, 0.05) is 37.6 Å². The van der Waals surface area contributed by atoms with E-state index < -0.39 is 0 Å². The van der Waals surface area contributed by atoms with Crippen LogP contribution in [0, 0.1) is 6.92 Å².